The van der Waals surface area contributed by atoms with Crippen LogP contribution in [0, 0.1) is 0 Å². The fourth-order valence-corrected chi connectivity index (χ4v) is 7.05. The molecule has 11 unspecified atom stereocenters. The van der Waals surface area contributed by atoms with Crippen molar-refractivity contribution in [1.82, 2.24) is 0 Å². The second-order valence-corrected chi connectivity index (χ2v) is 15.9. The second kappa shape index (κ2) is 32.5. The maximum atomic E-state index is 12.9. The summed E-state index contributed by atoms with van der Waals surface area (Å²) in [5, 5.41) is 71.8. The van der Waals surface area contributed by atoms with Gasteiger partial charge in [0.15, 0.2) is 12.6 Å². The lowest BCUT2D eigenvalue weighted by molar-refractivity contribution is -0.332. The summed E-state index contributed by atoms with van der Waals surface area (Å²) >= 11 is 0. The Balaban J connectivity index is 1.83. The van der Waals surface area contributed by atoms with E-state index in [0.29, 0.717) is 13.0 Å². The molecule has 14 heteroatoms. The van der Waals surface area contributed by atoms with Crippen LogP contribution < -0.4 is 0 Å². The van der Waals surface area contributed by atoms with E-state index in [1.807, 2.05) is 0 Å². The monoisotopic (exact) mass is 821 g/mol. The van der Waals surface area contributed by atoms with Crippen LogP contribution in [0.4, 0.5) is 0 Å². The number of hydrogen-bond donors (Lipinski definition) is 7. The van der Waals surface area contributed by atoms with Gasteiger partial charge in [0.25, 0.3) is 0 Å². The lowest BCUT2D eigenvalue weighted by atomic mass is 9.98. The van der Waals surface area contributed by atoms with Crippen LogP contribution in [-0.4, -0.2) is 142 Å². The molecule has 0 aliphatic carbocycles. The molecule has 0 spiro atoms. The molecule has 2 heterocycles. The molecule has 2 saturated heterocycles. The van der Waals surface area contributed by atoms with Crippen LogP contribution in [0.3, 0.4) is 0 Å². The van der Waals surface area contributed by atoms with Gasteiger partial charge in [-0.05, 0) is 32.1 Å². The molecule has 0 aromatic carbocycles. The standard InChI is InChI=1S/C43H80O14/c1-3-5-7-9-11-13-15-16-18-20-22-24-26-35(45)55-32(29-52-27-25-23-21-19-17-14-12-10-8-6-4-2)30-53-42-41(51)39(49)37(47)34(57-42)31-54-43-40(50)38(48)36(46)33(28-44)56-43/h8,10,32-34,36-44,46-51H,3-7,9,11-31H2,1-2H3/b10-8-. The molecule has 0 aromatic heterocycles. The third kappa shape index (κ3) is 21.7. The molecule has 0 amide bonds. The van der Waals surface area contributed by atoms with Gasteiger partial charge in [0.05, 0.1) is 26.4 Å². The molecule has 0 bridgehead atoms. The van der Waals surface area contributed by atoms with Crippen LogP contribution in [0.2, 0.25) is 0 Å². The fourth-order valence-electron chi connectivity index (χ4n) is 7.05. The molecule has 11 atom stereocenters. The minimum absolute atomic E-state index is 0.0614. The van der Waals surface area contributed by atoms with E-state index >= 15 is 0 Å². The molecule has 2 aliphatic rings. The van der Waals surface area contributed by atoms with Crippen molar-refractivity contribution in [3.63, 3.8) is 0 Å². The molecular weight excluding hydrogens is 740 g/mol. The Morgan fingerprint density at radius 2 is 1.07 bits per heavy atom. The Bertz CT molecular complexity index is 1000. The van der Waals surface area contributed by atoms with Gasteiger partial charge in [-0.15, -0.1) is 0 Å². The number of allylic oxidation sites excluding steroid dienone is 2. The second-order valence-electron chi connectivity index (χ2n) is 15.9. The van der Waals surface area contributed by atoms with Gasteiger partial charge in [0, 0.05) is 13.0 Å². The van der Waals surface area contributed by atoms with E-state index in [2.05, 4.69) is 26.0 Å². The molecule has 7 N–H and O–H groups in total. The van der Waals surface area contributed by atoms with Gasteiger partial charge in [0.2, 0.25) is 0 Å². The van der Waals surface area contributed by atoms with Crippen LogP contribution in [0.15, 0.2) is 12.2 Å². The first-order valence-electron chi connectivity index (χ1n) is 22.3. The Morgan fingerprint density at radius 3 is 1.67 bits per heavy atom. The Hall–Kier alpha value is -1.27. The van der Waals surface area contributed by atoms with Gasteiger partial charge in [-0.2, -0.15) is 0 Å². The number of aliphatic hydroxyl groups excluding tert-OH is 7. The first-order valence-corrected chi connectivity index (χ1v) is 22.3. The number of ether oxygens (including phenoxy) is 6. The summed E-state index contributed by atoms with van der Waals surface area (Å²) in [6.07, 6.45) is 12.9. The van der Waals surface area contributed by atoms with Crippen molar-refractivity contribution in [2.24, 2.45) is 0 Å². The molecule has 0 radical (unpaired) electrons. The number of esters is 1. The van der Waals surface area contributed by atoms with E-state index in [4.69, 9.17) is 28.4 Å². The third-order valence-electron chi connectivity index (χ3n) is 10.8. The Morgan fingerprint density at radius 1 is 0.561 bits per heavy atom. The van der Waals surface area contributed by atoms with Crippen LogP contribution in [-0.2, 0) is 33.2 Å². The maximum Gasteiger partial charge on any atom is 0.306 e. The molecule has 0 aromatic rings. The number of aliphatic hydroxyl groups is 7. The smallest absolute Gasteiger partial charge is 0.306 e. The van der Waals surface area contributed by atoms with E-state index in [0.717, 1.165) is 51.4 Å². The topological polar surface area (TPSA) is 214 Å². The summed E-state index contributed by atoms with van der Waals surface area (Å²) < 4.78 is 34.1. The van der Waals surface area contributed by atoms with Gasteiger partial charge in [-0.3, -0.25) is 4.79 Å². The SMILES string of the molecule is CCC/C=C\CCCCCCCCOCC(COC1OC(COC2OC(CO)C(O)C(O)C2O)C(O)C(O)C1O)OC(=O)CCCCCCCCCCCCCC. The fraction of sp³-hybridized carbons (Fsp3) is 0.930. The van der Waals surface area contributed by atoms with Crippen LogP contribution in [0.1, 0.15) is 155 Å². The molecule has 14 nitrogen and oxygen atoms in total. The van der Waals surface area contributed by atoms with Crippen molar-refractivity contribution >= 4 is 5.97 Å². The van der Waals surface area contributed by atoms with Crippen molar-refractivity contribution < 1.29 is 69.0 Å². The third-order valence-corrected chi connectivity index (χ3v) is 10.8. The van der Waals surface area contributed by atoms with E-state index in [1.165, 1.54) is 77.0 Å². The summed E-state index contributed by atoms with van der Waals surface area (Å²) in [6, 6.07) is 0. The zero-order chi connectivity index (χ0) is 41.7. The Labute approximate surface area is 342 Å². The average Bonchev–Trinajstić information content (AvgIpc) is 3.20. The zero-order valence-electron chi connectivity index (χ0n) is 35.1. The normalized spacial score (nSPS) is 28.6. The van der Waals surface area contributed by atoms with Crippen molar-refractivity contribution in [2.45, 2.75) is 223 Å². The zero-order valence-corrected chi connectivity index (χ0v) is 35.1. The highest BCUT2D eigenvalue weighted by Crippen LogP contribution is 2.26. The highest BCUT2D eigenvalue weighted by molar-refractivity contribution is 5.69. The van der Waals surface area contributed by atoms with E-state index < -0.39 is 80.7 Å². The minimum Gasteiger partial charge on any atom is -0.457 e. The maximum absolute atomic E-state index is 12.9. The number of rotatable bonds is 34. The highest BCUT2D eigenvalue weighted by atomic mass is 16.7. The van der Waals surface area contributed by atoms with Crippen LogP contribution >= 0.6 is 0 Å². The summed E-state index contributed by atoms with van der Waals surface area (Å²) in [7, 11) is 0. The van der Waals surface area contributed by atoms with Crippen molar-refractivity contribution in [2.75, 3.05) is 33.0 Å². The van der Waals surface area contributed by atoms with E-state index in [-0.39, 0.29) is 25.6 Å². The Kier molecular flexibility index (Phi) is 29.6. The van der Waals surface area contributed by atoms with Crippen molar-refractivity contribution in [3.05, 3.63) is 12.2 Å². The van der Waals surface area contributed by atoms with Crippen LogP contribution in [0.5, 0.6) is 0 Å². The molecule has 2 aliphatic heterocycles. The molecular formula is C43H80O14. The van der Waals surface area contributed by atoms with Gasteiger partial charge in [0.1, 0.15) is 54.9 Å². The van der Waals surface area contributed by atoms with Crippen molar-refractivity contribution in [3.8, 4) is 0 Å². The van der Waals surface area contributed by atoms with Gasteiger partial charge < -0.3 is 64.2 Å². The largest absolute Gasteiger partial charge is 0.457 e. The predicted molar refractivity (Wildman–Crippen MR) is 215 cm³/mol. The molecule has 336 valence electrons. The predicted octanol–water partition coefficient (Wildman–Crippen LogP) is 4.73. The number of carbonyl (C=O) groups is 1. The van der Waals surface area contributed by atoms with Gasteiger partial charge in [-0.1, -0.05) is 129 Å². The highest BCUT2D eigenvalue weighted by Gasteiger charge is 2.47. The van der Waals surface area contributed by atoms with Gasteiger partial charge in [-0.25, -0.2) is 0 Å². The number of hydrogen-bond acceptors (Lipinski definition) is 14. The van der Waals surface area contributed by atoms with E-state index in [1.54, 1.807) is 0 Å². The van der Waals surface area contributed by atoms with Gasteiger partial charge >= 0.3 is 5.97 Å². The summed E-state index contributed by atoms with van der Waals surface area (Å²) in [5.41, 5.74) is 0. The molecule has 2 fully saturated rings. The summed E-state index contributed by atoms with van der Waals surface area (Å²) in [4.78, 5) is 12.9. The molecule has 0 saturated carbocycles. The average molecular weight is 821 g/mol. The van der Waals surface area contributed by atoms with E-state index in [9.17, 15) is 40.5 Å². The minimum atomic E-state index is -1.70. The van der Waals surface area contributed by atoms with Crippen LogP contribution in [0.25, 0.3) is 0 Å². The lowest BCUT2D eigenvalue weighted by Crippen LogP contribution is -2.61. The quantitative estimate of drug-likeness (QED) is 0.0266. The number of unbranched alkanes of at least 4 members (excludes halogenated alkanes) is 18. The summed E-state index contributed by atoms with van der Waals surface area (Å²) in [5.74, 6) is -0.379. The lowest BCUT2D eigenvalue weighted by Gasteiger charge is -2.42. The summed E-state index contributed by atoms with van der Waals surface area (Å²) in [6.45, 7) is 3.60. The first kappa shape index (κ1) is 51.9. The first-order chi connectivity index (χ1) is 27.6. The number of carbonyl (C=O) groups excluding carboxylic acids is 1. The molecule has 2 rings (SSSR count). The molecule has 57 heavy (non-hydrogen) atoms. The van der Waals surface area contributed by atoms with Crippen molar-refractivity contribution in [1.29, 1.82) is 0 Å².